The van der Waals surface area contributed by atoms with Gasteiger partial charge in [-0.1, -0.05) is 18.5 Å². The molecule has 4 heterocycles. The fourth-order valence-electron chi connectivity index (χ4n) is 4.16. The highest BCUT2D eigenvalue weighted by atomic mass is 35.5. The van der Waals surface area contributed by atoms with Crippen LogP contribution in [0.1, 0.15) is 25.6 Å². The molecule has 14 heteroatoms. The van der Waals surface area contributed by atoms with Crippen LogP contribution in [0.4, 0.5) is 5.95 Å². The molecule has 2 unspecified atom stereocenters. The Hall–Kier alpha value is -3.39. The lowest BCUT2D eigenvalue weighted by atomic mass is 10.0. The van der Waals surface area contributed by atoms with E-state index in [1.807, 2.05) is 6.92 Å². The van der Waals surface area contributed by atoms with Gasteiger partial charge >= 0.3 is 0 Å². The van der Waals surface area contributed by atoms with E-state index in [1.165, 1.54) is 31.9 Å². The predicted molar refractivity (Wildman–Crippen MR) is 143 cm³/mol. The van der Waals surface area contributed by atoms with Crippen molar-refractivity contribution in [3.63, 3.8) is 0 Å². The average molecular weight is 562 g/mol. The molecule has 4 rings (SSSR count). The van der Waals surface area contributed by atoms with E-state index in [2.05, 4.69) is 29.9 Å². The summed E-state index contributed by atoms with van der Waals surface area (Å²) >= 11 is 5.95. The van der Waals surface area contributed by atoms with E-state index in [-0.39, 0.29) is 17.7 Å². The van der Waals surface area contributed by atoms with Gasteiger partial charge < -0.3 is 14.2 Å². The van der Waals surface area contributed by atoms with Crippen LogP contribution >= 0.6 is 11.6 Å². The molecule has 0 amide bonds. The first-order valence-corrected chi connectivity index (χ1v) is 13.5. The Morgan fingerprint density at radius 1 is 1.13 bits per heavy atom. The fourth-order valence-corrected chi connectivity index (χ4v) is 5.42. The molecule has 0 spiro atoms. The number of anilines is 1. The number of aliphatic imine (C=N–C) groups is 1. The summed E-state index contributed by atoms with van der Waals surface area (Å²) in [6.07, 6.45) is 4.92. The number of aromatic nitrogens is 5. The Morgan fingerprint density at radius 3 is 2.53 bits per heavy atom. The summed E-state index contributed by atoms with van der Waals surface area (Å²) in [7, 11) is 0.330. The van der Waals surface area contributed by atoms with Gasteiger partial charge in [0.05, 0.1) is 17.8 Å². The van der Waals surface area contributed by atoms with Gasteiger partial charge in [-0.05, 0) is 31.2 Å². The van der Waals surface area contributed by atoms with Crippen molar-refractivity contribution in [3.8, 4) is 11.4 Å². The molecular formula is C24H28ClN7O5S. The minimum Gasteiger partial charge on any atom is -0.480 e. The van der Waals surface area contributed by atoms with E-state index in [9.17, 15) is 8.42 Å². The third kappa shape index (κ3) is 5.41. The second-order valence-electron chi connectivity index (χ2n) is 8.52. The SMILES string of the molecule is COC1=C(n2c(NS(=O)(=O)[C@@H](C)[C@H](OC)c3ccc(Cl)cn3)nnc2-c2cccnc2)C(OC)C(C)C=N1. The molecule has 0 saturated carbocycles. The zero-order valence-corrected chi connectivity index (χ0v) is 23.0. The number of pyridine rings is 2. The van der Waals surface area contributed by atoms with Crippen LogP contribution < -0.4 is 4.72 Å². The van der Waals surface area contributed by atoms with Gasteiger partial charge in [0.25, 0.3) is 0 Å². The molecule has 3 aromatic rings. The van der Waals surface area contributed by atoms with Crippen molar-refractivity contribution in [2.24, 2.45) is 10.9 Å². The lowest BCUT2D eigenvalue weighted by Crippen LogP contribution is -2.34. The fraction of sp³-hybridized carbons (Fsp3) is 0.375. The normalized spacial score (nSPS) is 19.3. The van der Waals surface area contributed by atoms with Crippen molar-refractivity contribution in [2.45, 2.75) is 31.3 Å². The van der Waals surface area contributed by atoms with Crippen LogP contribution in [-0.4, -0.2) is 72.0 Å². The second-order valence-corrected chi connectivity index (χ2v) is 11.0. The third-order valence-electron chi connectivity index (χ3n) is 6.11. The molecule has 1 aliphatic rings. The molecule has 3 aromatic heterocycles. The largest absolute Gasteiger partial charge is 0.480 e. The van der Waals surface area contributed by atoms with Crippen molar-refractivity contribution < 1.29 is 22.6 Å². The molecule has 0 aliphatic carbocycles. The summed E-state index contributed by atoms with van der Waals surface area (Å²) in [5.41, 5.74) is 1.44. The van der Waals surface area contributed by atoms with Crippen molar-refractivity contribution in [1.82, 2.24) is 24.7 Å². The van der Waals surface area contributed by atoms with Gasteiger partial charge in [0.1, 0.15) is 23.2 Å². The van der Waals surface area contributed by atoms with Gasteiger partial charge in [0, 0.05) is 50.5 Å². The van der Waals surface area contributed by atoms with Crippen LogP contribution in [0.2, 0.25) is 5.02 Å². The minimum absolute atomic E-state index is 0.0782. The number of nitrogens with one attached hydrogen (secondary N) is 1. The smallest absolute Gasteiger partial charge is 0.243 e. The summed E-state index contributed by atoms with van der Waals surface area (Å²) in [5.74, 6) is 0.316. The third-order valence-corrected chi connectivity index (χ3v) is 8.03. The Bertz CT molecular complexity index is 1430. The van der Waals surface area contributed by atoms with Crippen molar-refractivity contribution >= 4 is 39.5 Å². The Kier molecular flexibility index (Phi) is 8.41. The monoisotopic (exact) mass is 561 g/mol. The molecule has 0 bridgehead atoms. The molecule has 0 radical (unpaired) electrons. The number of halogens is 1. The maximum Gasteiger partial charge on any atom is 0.243 e. The first-order valence-electron chi connectivity index (χ1n) is 11.6. The van der Waals surface area contributed by atoms with Crippen LogP contribution in [0.5, 0.6) is 0 Å². The minimum atomic E-state index is -4.10. The van der Waals surface area contributed by atoms with E-state index >= 15 is 0 Å². The first-order chi connectivity index (χ1) is 18.2. The van der Waals surface area contributed by atoms with Gasteiger partial charge in [-0.2, -0.15) is 0 Å². The molecule has 38 heavy (non-hydrogen) atoms. The number of hydrogen-bond donors (Lipinski definition) is 1. The first kappa shape index (κ1) is 27.6. The van der Waals surface area contributed by atoms with Crippen LogP contribution in [0.25, 0.3) is 17.1 Å². The van der Waals surface area contributed by atoms with E-state index in [0.717, 1.165) is 0 Å². The molecule has 0 saturated heterocycles. The summed E-state index contributed by atoms with van der Waals surface area (Å²) in [6, 6.07) is 6.76. The topological polar surface area (TPSA) is 143 Å². The summed E-state index contributed by atoms with van der Waals surface area (Å²) in [4.78, 5) is 12.8. The molecule has 12 nitrogen and oxygen atoms in total. The number of methoxy groups -OCH3 is 3. The lowest BCUT2D eigenvalue weighted by Gasteiger charge is -2.29. The van der Waals surface area contributed by atoms with Crippen molar-refractivity contribution in [1.29, 1.82) is 0 Å². The molecule has 0 aromatic carbocycles. The van der Waals surface area contributed by atoms with Gasteiger partial charge in [0.2, 0.25) is 21.9 Å². The quantitative estimate of drug-likeness (QED) is 0.394. The number of sulfonamides is 1. The molecule has 0 fully saturated rings. The highest BCUT2D eigenvalue weighted by molar-refractivity contribution is 7.93. The van der Waals surface area contributed by atoms with E-state index in [1.54, 1.807) is 50.0 Å². The lowest BCUT2D eigenvalue weighted by molar-refractivity contribution is 0.0989. The highest BCUT2D eigenvalue weighted by Crippen LogP contribution is 2.35. The Balaban J connectivity index is 1.82. The molecule has 202 valence electrons. The number of ether oxygens (including phenoxy) is 3. The van der Waals surface area contributed by atoms with Gasteiger partial charge in [-0.25, -0.2) is 13.4 Å². The van der Waals surface area contributed by atoms with Crippen molar-refractivity contribution in [3.05, 3.63) is 59.5 Å². The average Bonchev–Trinajstić information content (AvgIpc) is 3.32. The molecule has 4 atom stereocenters. The van der Waals surface area contributed by atoms with Gasteiger partial charge in [-0.3, -0.25) is 19.3 Å². The van der Waals surface area contributed by atoms with Crippen LogP contribution in [-0.2, 0) is 24.2 Å². The number of hydrogen-bond acceptors (Lipinski definition) is 10. The molecular weight excluding hydrogens is 534 g/mol. The standard InChI is InChI=1S/C24H28ClN7O5S/c1-14-11-28-23(37-5)19(20(14)35-3)32-22(16-7-6-10-26-12-16)29-30-24(32)31-38(33,34)15(2)21(36-4)18-9-8-17(25)13-27-18/h6-15,20-21H,1-5H3,(H,30,31)/t14?,15-,20?,21-/m0/s1. The van der Waals surface area contributed by atoms with Crippen LogP contribution in [0.3, 0.4) is 0 Å². The zero-order chi connectivity index (χ0) is 27.4. The van der Waals surface area contributed by atoms with Crippen LogP contribution in [0.15, 0.2) is 53.7 Å². The van der Waals surface area contributed by atoms with E-state index in [0.29, 0.717) is 27.8 Å². The predicted octanol–water partition coefficient (Wildman–Crippen LogP) is 3.41. The Morgan fingerprint density at radius 2 is 1.92 bits per heavy atom. The van der Waals surface area contributed by atoms with Crippen LogP contribution in [0, 0.1) is 5.92 Å². The van der Waals surface area contributed by atoms with E-state index < -0.39 is 27.5 Å². The maximum absolute atomic E-state index is 13.6. The number of rotatable bonds is 10. The maximum atomic E-state index is 13.6. The summed E-state index contributed by atoms with van der Waals surface area (Å²) < 4.78 is 48.2. The molecule has 1 aliphatic heterocycles. The molecule has 1 N–H and O–H groups in total. The van der Waals surface area contributed by atoms with Crippen molar-refractivity contribution in [2.75, 3.05) is 26.1 Å². The Labute approximate surface area is 225 Å². The number of nitrogens with zero attached hydrogens (tertiary/aromatic N) is 6. The second kappa shape index (κ2) is 11.6. The zero-order valence-electron chi connectivity index (χ0n) is 21.4. The van der Waals surface area contributed by atoms with Gasteiger partial charge in [0.15, 0.2) is 5.82 Å². The summed E-state index contributed by atoms with van der Waals surface area (Å²) in [5, 5.41) is 7.83. The van der Waals surface area contributed by atoms with E-state index in [4.69, 9.17) is 25.8 Å². The summed E-state index contributed by atoms with van der Waals surface area (Å²) in [6.45, 7) is 3.44. The van der Waals surface area contributed by atoms with Gasteiger partial charge in [-0.15, -0.1) is 10.2 Å². The highest BCUT2D eigenvalue weighted by Gasteiger charge is 2.37.